The Balaban J connectivity index is 2.17. The molecule has 1 rings (SSSR count). The molecule has 1 amide bonds. The van der Waals surface area contributed by atoms with Gasteiger partial charge in [-0.3, -0.25) is 4.79 Å². The molecule has 1 aliphatic carbocycles. The van der Waals surface area contributed by atoms with Gasteiger partial charge in [-0.2, -0.15) is 0 Å². The second-order valence-corrected chi connectivity index (χ2v) is 4.53. The van der Waals surface area contributed by atoms with E-state index < -0.39 is 0 Å². The molecule has 0 aromatic heterocycles. The number of hydrogen-bond acceptors (Lipinski definition) is 2. The summed E-state index contributed by atoms with van der Waals surface area (Å²) in [5.41, 5.74) is 0. The van der Waals surface area contributed by atoms with Crippen LogP contribution >= 0.6 is 0 Å². The maximum atomic E-state index is 11.6. The lowest BCUT2D eigenvalue weighted by atomic mass is 9.97. The Kier molecular flexibility index (Phi) is 6.90. The fourth-order valence-electron chi connectivity index (χ4n) is 2.17. The van der Waals surface area contributed by atoms with E-state index in [2.05, 4.69) is 17.2 Å². The highest BCUT2D eigenvalue weighted by atomic mass is 16.1. The van der Waals surface area contributed by atoms with Gasteiger partial charge < -0.3 is 10.6 Å². The fourth-order valence-corrected chi connectivity index (χ4v) is 2.17. The topological polar surface area (TPSA) is 41.1 Å². The van der Waals surface area contributed by atoms with Crippen molar-refractivity contribution in [2.45, 2.75) is 51.0 Å². The van der Waals surface area contributed by atoms with Crippen LogP contribution in [-0.2, 0) is 4.79 Å². The highest BCUT2D eigenvalue weighted by Gasteiger charge is 2.13. The van der Waals surface area contributed by atoms with E-state index in [4.69, 9.17) is 0 Å². The Morgan fingerprint density at radius 1 is 1.19 bits per heavy atom. The SMILES string of the molecule is C=CCNCC(=O)NC1CCCCCCC1. The standard InChI is InChI=1S/C13H24N2O/c1-2-10-14-11-13(16)15-12-8-6-4-3-5-7-9-12/h2,12,14H,1,3-11H2,(H,15,16). The van der Waals surface area contributed by atoms with Crippen LogP contribution in [0.2, 0.25) is 0 Å². The van der Waals surface area contributed by atoms with Gasteiger partial charge in [0.2, 0.25) is 5.91 Å². The lowest BCUT2D eigenvalue weighted by Gasteiger charge is -2.21. The first-order chi connectivity index (χ1) is 7.83. The minimum absolute atomic E-state index is 0.118. The molecule has 0 saturated heterocycles. The van der Waals surface area contributed by atoms with Crippen molar-refractivity contribution >= 4 is 5.91 Å². The number of carbonyl (C=O) groups is 1. The molecule has 0 bridgehead atoms. The number of hydrogen-bond donors (Lipinski definition) is 2. The van der Waals surface area contributed by atoms with Gasteiger partial charge in [-0.15, -0.1) is 6.58 Å². The summed E-state index contributed by atoms with van der Waals surface area (Å²) in [6.45, 7) is 4.70. The van der Waals surface area contributed by atoms with Gasteiger partial charge in [0.1, 0.15) is 0 Å². The molecule has 0 unspecified atom stereocenters. The molecule has 16 heavy (non-hydrogen) atoms. The van der Waals surface area contributed by atoms with Crippen LogP contribution in [0.4, 0.5) is 0 Å². The summed E-state index contributed by atoms with van der Waals surface area (Å²) in [7, 11) is 0. The maximum absolute atomic E-state index is 11.6. The van der Waals surface area contributed by atoms with Crippen molar-refractivity contribution < 1.29 is 4.79 Å². The van der Waals surface area contributed by atoms with Gasteiger partial charge in [0.05, 0.1) is 6.54 Å². The Morgan fingerprint density at radius 3 is 2.44 bits per heavy atom. The fraction of sp³-hybridized carbons (Fsp3) is 0.769. The minimum Gasteiger partial charge on any atom is -0.352 e. The summed E-state index contributed by atoms with van der Waals surface area (Å²) in [5, 5.41) is 6.13. The zero-order valence-electron chi connectivity index (χ0n) is 10.1. The molecule has 1 saturated carbocycles. The lowest BCUT2D eigenvalue weighted by molar-refractivity contribution is -0.121. The molecular formula is C13H24N2O. The molecule has 3 heteroatoms. The lowest BCUT2D eigenvalue weighted by Crippen LogP contribution is -2.40. The maximum Gasteiger partial charge on any atom is 0.234 e. The van der Waals surface area contributed by atoms with Crippen LogP contribution in [0.3, 0.4) is 0 Å². The zero-order valence-corrected chi connectivity index (χ0v) is 10.1. The van der Waals surface area contributed by atoms with Crippen LogP contribution in [0.1, 0.15) is 44.9 Å². The van der Waals surface area contributed by atoms with Crippen LogP contribution in [-0.4, -0.2) is 25.0 Å². The van der Waals surface area contributed by atoms with Crippen molar-refractivity contribution in [2.24, 2.45) is 0 Å². The monoisotopic (exact) mass is 224 g/mol. The molecule has 1 fully saturated rings. The van der Waals surface area contributed by atoms with Crippen LogP contribution in [0.5, 0.6) is 0 Å². The Morgan fingerprint density at radius 2 is 1.81 bits per heavy atom. The first-order valence-electron chi connectivity index (χ1n) is 6.44. The Labute approximate surface area is 98.7 Å². The van der Waals surface area contributed by atoms with Crippen molar-refractivity contribution in [3.8, 4) is 0 Å². The average molecular weight is 224 g/mol. The van der Waals surface area contributed by atoms with Crippen LogP contribution in [0.15, 0.2) is 12.7 Å². The third kappa shape index (κ3) is 5.91. The summed E-state index contributed by atoms with van der Waals surface area (Å²) in [5.74, 6) is 0.118. The number of rotatable bonds is 5. The van der Waals surface area contributed by atoms with Crippen LogP contribution in [0, 0.1) is 0 Å². The normalized spacial score (nSPS) is 18.5. The highest BCUT2D eigenvalue weighted by molar-refractivity contribution is 5.78. The second kappa shape index (κ2) is 8.34. The van der Waals surface area contributed by atoms with Gasteiger partial charge >= 0.3 is 0 Å². The van der Waals surface area contributed by atoms with Gasteiger partial charge in [-0.1, -0.05) is 38.2 Å². The van der Waals surface area contributed by atoms with Crippen molar-refractivity contribution in [1.82, 2.24) is 10.6 Å². The van der Waals surface area contributed by atoms with Crippen molar-refractivity contribution in [3.63, 3.8) is 0 Å². The van der Waals surface area contributed by atoms with Gasteiger partial charge in [0, 0.05) is 12.6 Å². The average Bonchev–Trinajstić information content (AvgIpc) is 2.22. The van der Waals surface area contributed by atoms with E-state index in [1.165, 1.54) is 32.1 Å². The van der Waals surface area contributed by atoms with Gasteiger partial charge in [-0.25, -0.2) is 0 Å². The first-order valence-corrected chi connectivity index (χ1v) is 6.44. The van der Waals surface area contributed by atoms with Crippen molar-refractivity contribution in [1.29, 1.82) is 0 Å². The summed E-state index contributed by atoms with van der Waals surface area (Å²) in [6.07, 6.45) is 10.6. The smallest absolute Gasteiger partial charge is 0.234 e. The molecule has 0 atom stereocenters. The Bertz CT molecular complexity index is 208. The van der Waals surface area contributed by atoms with E-state index in [9.17, 15) is 4.79 Å². The van der Waals surface area contributed by atoms with Crippen LogP contribution < -0.4 is 10.6 Å². The predicted molar refractivity (Wildman–Crippen MR) is 67.3 cm³/mol. The summed E-state index contributed by atoms with van der Waals surface area (Å²) >= 11 is 0. The quantitative estimate of drug-likeness (QED) is 0.554. The van der Waals surface area contributed by atoms with Crippen LogP contribution in [0.25, 0.3) is 0 Å². The number of nitrogens with one attached hydrogen (secondary N) is 2. The molecule has 0 spiro atoms. The highest BCUT2D eigenvalue weighted by Crippen LogP contribution is 2.16. The Hall–Kier alpha value is -0.830. The molecule has 0 heterocycles. The zero-order chi connectivity index (χ0) is 11.6. The molecular weight excluding hydrogens is 200 g/mol. The summed E-state index contributed by atoms with van der Waals surface area (Å²) in [4.78, 5) is 11.6. The van der Waals surface area contributed by atoms with E-state index >= 15 is 0 Å². The molecule has 0 radical (unpaired) electrons. The van der Waals surface area contributed by atoms with Crippen molar-refractivity contribution in [3.05, 3.63) is 12.7 Å². The van der Waals surface area contributed by atoms with Gasteiger partial charge in [0.25, 0.3) is 0 Å². The number of amides is 1. The van der Waals surface area contributed by atoms with E-state index in [-0.39, 0.29) is 5.91 Å². The molecule has 0 aromatic carbocycles. The third-order valence-electron chi connectivity index (χ3n) is 3.04. The number of carbonyl (C=O) groups excluding carboxylic acids is 1. The molecule has 3 nitrogen and oxygen atoms in total. The minimum atomic E-state index is 0.118. The molecule has 0 aromatic rings. The van der Waals surface area contributed by atoms with Gasteiger partial charge in [-0.05, 0) is 12.8 Å². The molecule has 2 N–H and O–H groups in total. The predicted octanol–water partition coefficient (Wildman–Crippen LogP) is 1.99. The summed E-state index contributed by atoms with van der Waals surface area (Å²) in [6, 6.07) is 0.401. The largest absolute Gasteiger partial charge is 0.352 e. The third-order valence-corrected chi connectivity index (χ3v) is 3.04. The molecule has 1 aliphatic rings. The van der Waals surface area contributed by atoms with E-state index in [1.54, 1.807) is 6.08 Å². The summed E-state index contributed by atoms with van der Waals surface area (Å²) < 4.78 is 0. The van der Waals surface area contributed by atoms with E-state index in [0.717, 1.165) is 12.8 Å². The molecule has 0 aliphatic heterocycles. The van der Waals surface area contributed by atoms with E-state index in [0.29, 0.717) is 19.1 Å². The van der Waals surface area contributed by atoms with E-state index in [1.807, 2.05) is 0 Å². The molecule has 92 valence electrons. The first kappa shape index (κ1) is 13.2. The van der Waals surface area contributed by atoms with Crippen molar-refractivity contribution in [2.75, 3.05) is 13.1 Å². The van der Waals surface area contributed by atoms with Gasteiger partial charge in [0.15, 0.2) is 0 Å². The second-order valence-electron chi connectivity index (χ2n) is 4.53.